The van der Waals surface area contributed by atoms with Gasteiger partial charge in [0.15, 0.2) is 0 Å². The van der Waals surface area contributed by atoms with Crippen molar-refractivity contribution in [2.75, 3.05) is 19.6 Å². The highest BCUT2D eigenvalue weighted by Crippen LogP contribution is 2.16. The topological polar surface area (TPSA) is 57.7 Å². The number of likely N-dealkylation sites (tertiary alicyclic amines) is 1. The number of imide groups is 1. The summed E-state index contributed by atoms with van der Waals surface area (Å²) in [5, 5.41) is 0. The van der Waals surface area contributed by atoms with Crippen LogP contribution < -0.4 is 0 Å². The predicted molar refractivity (Wildman–Crippen MR) is 72.2 cm³/mol. The maximum absolute atomic E-state index is 11.8. The van der Waals surface area contributed by atoms with E-state index in [-0.39, 0.29) is 30.7 Å². The maximum Gasteiger partial charge on any atom is 0.253 e. The Morgan fingerprint density at radius 1 is 1.26 bits per heavy atom. The number of rotatable bonds is 3. The van der Waals surface area contributed by atoms with Gasteiger partial charge in [0.1, 0.15) is 0 Å². The molecule has 0 aliphatic carbocycles. The first-order chi connectivity index (χ1) is 9.08. The van der Waals surface area contributed by atoms with E-state index in [2.05, 4.69) is 6.92 Å². The van der Waals surface area contributed by atoms with Gasteiger partial charge in [0.05, 0.1) is 0 Å². The number of carbonyl (C=O) groups is 3. The molecule has 0 N–H and O–H groups in total. The predicted octanol–water partition coefficient (Wildman–Crippen LogP) is 1.20. The van der Waals surface area contributed by atoms with E-state index in [0.717, 1.165) is 24.4 Å². The standard InChI is InChI=1S/C12H16N2O3.C2H6/c1-9-4-6-13(8-9)10(15)5-7-14-11(16)2-3-12(14)17;1-2/h2-3,9H,4-8H2,1H3;1-2H3. The summed E-state index contributed by atoms with van der Waals surface area (Å²) in [5.74, 6) is -0.0623. The van der Waals surface area contributed by atoms with Crippen molar-refractivity contribution in [1.29, 1.82) is 0 Å². The van der Waals surface area contributed by atoms with Crippen LogP contribution in [0.1, 0.15) is 33.6 Å². The average molecular weight is 266 g/mol. The molecule has 0 aromatic rings. The van der Waals surface area contributed by atoms with Crippen LogP contribution in [-0.2, 0) is 14.4 Å². The summed E-state index contributed by atoms with van der Waals surface area (Å²) in [6.07, 6.45) is 3.75. The molecular weight excluding hydrogens is 244 g/mol. The van der Waals surface area contributed by atoms with E-state index >= 15 is 0 Å². The molecule has 106 valence electrons. The van der Waals surface area contributed by atoms with Crippen molar-refractivity contribution in [3.05, 3.63) is 12.2 Å². The molecule has 5 nitrogen and oxygen atoms in total. The number of carbonyl (C=O) groups excluding carboxylic acids is 3. The van der Waals surface area contributed by atoms with Crippen LogP contribution in [0.3, 0.4) is 0 Å². The SMILES string of the molecule is CC.CC1CCN(C(=O)CCN2C(=O)C=CC2=O)C1. The quantitative estimate of drug-likeness (QED) is 0.721. The lowest BCUT2D eigenvalue weighted by atomic mass is 10.2. The fourth-order valence-electron chi connectivity index (χ4n) is 2.18. The van der Waals surface area contributed by atoms with E-state index < -0.39 is 0 Å². The van der Waals surface area contributed by atoms with Crippen LogP contribution in [0.25, 0.3) is 0 Å². The zero-order valence-electron chi connectivity index (χ0n) is 11.9. The molecule has 0 spiro atoms. The molecular formula is C14H22N2O3. The van der Waals surface area contributed by atoms with Crippen molar-refractivity contribution < 1.29 is 14.4 Å². The van der Waals surface area contributed by atoms with Crippen molar-refractivity contribution in [2.24, 2.45) is 5.92 Å². The first-order valence-corrected chi connectivity index (χ1v) is 6.89. The minimum absolute atomic E-state index is 0.0295. The Labute approximate surface area is 114 Å². The van der Waals surface area contributed by atoms with E-state index in [1.807, 2.05) is 18.7 Å². The van der Waals surface area contributed by atoms with Crippen LogP contribution >= 0.6 is 0 Å². The second-order valence-electron chi connectivity index (χ2n) is 4.65. The molecule has 1 unspecified atom stereocenters. The third-order valence-corrected chi connectivity index (χ3v) is 3.23. The molecule has 1 saturated heterocycles. The minimum atomic E-state index is -0.322. The van der Waals surface area contributed by atoms with Gasteiger partial charge in [-0.25, -0.2) is 0 Å². The Morgan fingerprint density at radius 3 is 2.32 bits per heavy atom. The van der Waals surface area contributed by atoms with Gasteiger partial charge in [-0.15, -0.1) is 0 Å². The summed E-state index contributed by atoms with van der Waals surface area (Å²) in [5.41, 5.74) is 0. The van der Waals surface area contributed by atoms with E-state index in [9.17, 15) is 14.4 Å². The lowest BCUT2D eigenvalue weighted by Crippen LogP contribution is -2.36. The van der Waals surface area contributed by atoms with Crippen molar-refractivity contribution >= 4 is 17.7 Å². The normalized spacial score (nSPS) is 21.7. The Balaban J connectivity index is 0.000000861. The summed E-state index contributed by atoms with van der Waals surface area (Å²) in [6, 6.07) is 0. The molecule has 0 bridgehead atoms. The van der Waals surface area contributed by atoms with Crippen LogP contribution in [-0.4, -0.2) is 47.2 Å². The van der Waals surface area contributed by atoms with Gasteiger partial charge in [-0.1, -0.05) is 20.8 Å². The van der Waals surface area contributed by atoms with E-state index in [4.69, 9.17) is 0 Å². The highest BCUT2D eigenvalue weighted by molar-refractivity contribution is 6.13. The summed E-state index contributed by atoms with van der Waals surface area (Å²) in [7, 11) is 0. The third-order valence-electron chi connectivity index (χ3n) is 3.23. The zero-order chi connectivity index (χ0) is 14.4. The highest BCUT2D eigenvalue weighted by Gasteiger charge is 2.27. The van der Waals surface area contributed by atoms with Gasteiger partial charge >= 0.3 is 0 Å². The van der Waals surface area contributed by atoms with Crippen LogP contribution in [0, 0.1) is 5.92 Å². The smallest absolute Gasteiger partial charge is 0.253 e. The van der Waals surface area contributed by atoms with Crippen LogP contribution in [0.5, 0.6) is 0 Å². The minimum Gasteiger partial charge on any atom is -0.342 e. The van der Waals surface area contributed by atoms with Crippen molar-refractivity contribution in [2.45, 2.75) is 33.6 Å². The first kappa shape index (κ1) is 15.4. The molecule has 5 heteroatoms. The Bertz CT molecular complexity index is 372. The molecule has 0 aromatic carbocycles. The van der Waals surface area contributed by atoms with Crippen LogP contribution in [0.2, 0.25) is 0 Å². The van der Waals surface area contributed by atoms with E-state index in [1.54, 1.807) is 0 Å². The Morgan fingerprint density at radius 2 is 1.84 bits per heavy atom. The molecule has 3 amide bonds. The van der Waals surface area contributed by atoms with Crippen molar-refractivity contribution in [3.63, 3.8) is 0 Å². The maximum atomic E-state index is 11.8. The average Bonchev–Trinajstić information content (AvgIpc) is 2.97. The Hall–Kier alpha value is -1.65. The van der Waals surface area contributed by atoms with Crippen LogP contribution in [0.15, 0.2) is 12.2 Å². The Kier molecular flexibility index (Phi) is 5.73. The monoisotopic (exact) mass is 266 g/mol. The van der Waals surface area contributed by atoms with Gasteiger partial charge in [-0.2, -0.15) is 0 Å². The molecule has 1 atom stereocenters. The number of amides is 3. The summed E-state index contributed by atoms with van der Waals surface area (Å²) >= 11 is 0. The molecule has 2 aliphatic heterocycles. The van der Waals surface area contributed by atoms with Gasteiger partial charge in [0.2, 0.25) is 5.91 Å². The first-order valence-electron chi connectivity index (χ1n) is 6.89. The second kappa shape index (κ2) is 7.07. The van der Waals surface area contributed by atoms with Gasteiger partial charge < -0.3 is 4.90 Å². The lowest BCUT2D eigenvalue weighted by Gasteiger charge is -2.18. The number of nitrogens with zero attached hydrogens (tertiary/aromatic N) is 2. The van der Waals surface area contributed by atoms with E-state index in [0.29, 0.717) is 5.92 Å². The lowest BCUT2D eigenvalue weighted by molar-refractivity contribution is -0.138. The van der Waals surface area contributed by atoms with Gasteiger partial charge in [-0.05, 0) is 12.3 Å². The van der Waals surface area contributed by atoms with E-state index in [1.165, 1.54) is 12.2 Å². The van der Waals surface area contributed by atoms with Gasteiger partial charge in [0.25, 0.3) is 11.8 Å². The molecule has 1 fully saturated rings. The summed E-state index contributed by atoms with van der Waals surface area (Å²) in [6.45, 7) is 7.89. The molecule has 2 heterocycles. The molecule has 2 aliphatic rings. The van der Waals surface area contributed by atoms with Gasteiger partial charge in [0, 0.05) is 38.2 Å². The fourth-order valence-corrected chi connectivity index (χ4v) is 2.18. The van der Waals surface area contributed by atoms with Crippen LogP contribution in [0.4, 0.5) is 0 Å². The third kappa shape index (κ3) is 3.91. The largest absolute Gasteiger partial charge is 0.342 e. The summed E-state index contributed by atoms with van der Waals surface area (Å²) < 4.78 is 0. The molecule has 2 rings (SSSR count). The molecule has 0 saturated carbocycles. The fraction of sp³-hybridized carbons (Fsp3) is 0.643. The van der Waals surface area contributed by atoms with Crippen molar-refractivity contribution in [3.8, 4) is 0 Å². The number of hydrogen-bond donors (Lipinski definition) is 0. The second-order valence-corrected chi connectivity index (χ2v) is 4.65. The van der Waals surface area contributed by atoms with Gasteiger partial charge in [-0.3, -0.25) is 19.3 Å². The number of hydrogen-bond acceptors (Lipinski definition) is 3. The highest BCUT2D eigenvalue weighted by atomic mass is 16.2. The summed E-state index contributed by atoms with van der Waals surface area (Å²) in [4.78, 5) is 37.3. The molecule has 19 heavy (non-hydrogen) atoms. The molecule has 0 aromatic heterocycles. The molecule has 0 radical (unpaired) electrons. The zero-order valence-corrected chi connectivity index (χ0v) is 11.9. The van der Waals surface area contributed by atoms with Crippen molar-refractivity contribution in [1.82, 2.24) is 9.80 Å².